The summed E-state index contributed by atoms with van der Waals surface area (Å²) in [4.78, 5) is 23.7. The number of rotatable bonds is 4. The van der Waals surface area contributed by atoms with Gasteiger partial charge in [-0.2, -0.15) is 5.10 Å². The lowest BCUT2D eigenvalue weighted by molar-refractivity contribution is -0.125. The van der Waals surface area contributed by atoms with Crippen molar-refractivity contribution in [1.29, 1.82) is 0 Å². The number of nitrogens with one attached hydrogen (secondary N) is 4. The van der Waals surface area contributed by atoms with E-state index in [2.05, 4.69) is 26.4 Å². The fraction of sp³-hybridized carbons (Fsp3) is 0.643. The first-order valence-corrected chi connectivity index (χ1v) is 7.74. The molecule has 1 aromatic rings. The molecule has 1 saturated heterocycles. The highest BCUT2D eigenvalue weighted by Crippen LogP contribution is 2.20. The summed E-state index contributed by atoms with van der Waals surface area (Å²) in [6.45, 7) is 3.88. The third-order valence-electron chi connectivity index (χ3n) is 3.87. The minimum Gasteiger partial charge on any atom is -0.335 e. The molecule has 2 aliphatic rings. The van der Waals surface area contributed by atoms with Crippen molar-refractivity contribution in [3.8, 4) is 0 Å². The van der Waals surface area contributed by atoms with Crippen LogP contribution in [-0.4, -0.2) is 33.8 Å². The van der Waals surface area contributed by atoms with Crippen LogP contribution in [0, 0.1) is 6.92 Å². The maximum atomic E-state index is 11.9. The van der Waals surface area contributed by atoms with Gasteiger partial charge in [-0.25, -0.2) is 9.48 Å². The molecule has 3 amide bonds. The highest BCUT2D eigenvalue weighted by molar-refractivity contribution is 5.88. The largest absolute Gasteiger partial charge is 0.335 e. The molecule has 2 atom stereocenters. The molecule has 0 aromatic carbocycles. The molecule has 2 heterocycles. The number of carbonyl (C=O) groups excluding carboxylic acids is 2. The molecule has 1 aliphatic heterocycles. The van der Waals surface area contributed by atoms with Gasteiger partial charge in [-0.15, -0.1) is 0 Å². The van der Waals surface area contributed by atoms with Crippen LogP contribution in [0.1, 0.15) is 44.6 Å². The summed E-state index contributed by atoms with van der Waals surface area (Å²) in [6, 6.07) is 1.94. The van der Waals surface area contributed by atoms with E-state index in [0.29, 0.717) is 12.2 Å². The molecule has 120 valence electrons. The average Bonchev–Trinajstić information content (AvgIpc) is 3.19. The first kappa shape index (κ1) is 14.8. The fourth-order valence-electron chi connectivity index (χ4n) is 2.53. The van der Waals surface area contributed by atoms with Gasteiger partial charge in [0.1, 0.15) is 5.82 Å². The summed E-state index contributed by atoms with van der Waals surface area (Å²) in [5.41, 5.74) is 0.774. The Morgan fingerprint density at radius 2 is 2.27 bits per heavy atom. The van der Waals surface area contributed by atoms with Crippen LogP contribution in [0.3, 0.4) is 0 Å². The van der Waals surface area contributed by atoms with Crippen LogP contribution in [0.2, 0.25) is 0 Å². The van der Waals surface area contributed by atoms with Gasteiger partial charge in [0.05, 0.1) is 5.69 Å². The maximum absolute atomic E-state index is 11.9. The van der Waals surface area contributed by atoms with Crippen LogP contribution in [0.5, 0.6) is 0 Å². The van der Waals surface area contributed by atoms with E-state index in [0.717, 1.165) is 25.0 Å². The zero-order valence-electron chi connectivity index (χ0n) is 12.8. The molecule has 0 spiro atoms. The Kier molecular flexibility index (Phi) is 4.02. The quantitative estimate of drug-likeness (QED) is 0.661. The number of aromatic nitrogens is 2. The Bertz CT molecular complexity index is 580. The van der Waals surface area contributed by atoms with Crippen molar-refractivity contribution >= 4 is 17.8 Å². The molecule has 0 bridgehead atoms. The van der Waals surface area contributed by atoms with Crippen LogP contribution >= 0.6 is 0 Å². The maximum Gasteiger partial charge on any atom is 0.320 e. The van der Waals surface area contributed by atoms with Gasteiger partial charge in [-0.05, 0) is 26.2 Å². The van der Waals surface area contributed by atoms with E-state index >= 15 is 0 Å². The van der Waals surface area contributed by atoms with Gasteiger partial charge in [-0.3, -0.25) is 15.4 Å². The highest BCUT2D eigenvalue weighted by Gasteiger charge is 2.29. The Morgan fingerprint density at radius 3 is 2.95 bits per heavy atom. The molecule has 0 radical (unpaired) electrons. The summed E-state index contributed by atoms with van der Waals surface area (Å²) >= 11 is 0. The highest BCUT2D eigenvalue weighted by atomic mass is 16.2. The minimum absolute atomic E-state index is 0.0165. The Hall–Kier alpha value is -2.09. The normalized spacial score (nSPS) is 24.7. The Morgan fingerprint density at radius 1 is 1.50 bits per heavy atom. The van der Waals surface area contributed by atoms with Crippen molar-refractivity contribution in [2.45, 2.75) is 57.9 Å². The number of hydrogen-bond acceptors (Lipinski definition) is 4. The molecule has 8 nitrogen and oxygen atoms in total. The van der Waals surface area contributed by atoms with E-state index in [1.54, 1.807) is 10.7 Å². The number of amides is 3. The van der Waals surface area contributed by atoms with Crippen molar-refractivity contribution in [2.75, 3.05) is 5.32 Å². The van der Waals surface area contributed by atoms with Crippen molar-refractivity contribution in [2.24, 2.45) is 0 Å². The van der Waals surface area contributed by atoms with E-state index < -0.39 is 6.29 Å². The molecule has 3 rings (SSSR count). The van der Waals surface area contributed by atoms with Crippen molar-refractivity contribution < 1.29 is 9.59 Å². The number of aryl methyl sites for hydroxylation is 1. The first-order chi connectivity index (χ1) is 10.5. The number of anilines is 1. The van der Waals surface area contributed by atoms with Crippen LogP contribution in [0.25, 0.3) is 0 Å². The zero-order chi connectivity index (χ0) is 15.7. The van der Waals surface area contributed by atoms with Gasteiger partial charge in [0.2, 0.25) is 5.91 Å². The number of hydrogen-bond donors (Lipinski definition) is 4. The van der Waals surface area contributed by atoms with Gasteiger partial charge in [-0.1, -0.05) is 6.92 Å². The molecular formula is C14H22N6O2. The second-order valence-electron chi connectivity index (χ2n) is 5.93. The van der Waals surface area contributed by atoms with Gasteiger partial charge < -0.3 is 10.6 Å². The minimum atomic E-state index is -0.448. The molecule has 4 N–H and O–H groups in total. The third-order valence-corrected chi connectivity index (χ3v) is 3.87. The monoisotopic (exact) mass is 306 g/mol. The summed E-state index contributed by atoms with van der Waals surface area (Å²) in [5.74, 6) is 0.544. The lowest BCUT2D eigenvalue weighted by Gasteiger charge is -2.31. The summed E-state index contributed by atoms with van der Waals surface area (Å²) < 4.78 is 1.61. The second kappa shape index (κ2) is 5.96. The van der Waals surface area contributed by atoms with Gasteiger partial charge >= 0.3 is 6.03 Å². The first-order valence-electron chi connectivity index (χ1n) is 7.74. The second-order valence-corrected chi connectivity index (χ2v) is 5.93. The molecule has 2 fully saturated rings. The predicted octanol–water partition coefficient (Wildman–Crippen LogP) is 0.820. The number of urea groups is 1. The van der Waals surface area contributed by atoms with Gasteiger partial charge in [0.25, 0.3) is 0 Å². The summed E-state index contributed by atoms with van der Waals surface area (Å²) in [6.07, 6.45) is 2.93. The van der Waals surface area contributed by atoms with Gasteiger partial charge in [0, 0.05) is 24.6 Å². The molecule has 22 heavy (non-hydrogen) atoms. The molecule has 8 heteroatoms. The van der Waals surface area contributed by atoms with Crippen molar-refractivity contribution in [3.63, 3.8) is 0 Å². The topological polar surface area (TPSA) is 100 Å². The number of carbonyl (C=O) groups is 2. The standard InChI is InChI=1S/C14H22N6O2/c1-3-9-7-12(21)18-13(15-9)20-11(6-8(2)19-20)17-14(22)16-10-4-5-10/h6,9-10,13,15H,3-5,7H2,1-2H3,(H,18,21)(H2,16,17,22). The molecule has 1 aromatic heterocycles. The predicted molar refractivity (Wildman–Crippen MR) is 81.2 cm³/mol. The Labute approximate surface area is 129 Å². The van der Waals surface area contributed by atoms with Crippen LogP contribution < -0.4 is 21.3 Å². The summed E-state index contributed by atoms with van der Waals surface area (Å²) in [7, 11) is 0. The number of nitrogens with zero attached hydrogens (tertiary/aromatic N) is 2. The van der Waals surface area contributed by atoms with E-state index in [4.69, 9.17) is 0 Å². The molecule has 1 aliphatic carbocycles. The van der Waals surface area contributed by atoms with E-state index in [1.165, 1.54) is 0 Å². The molecule has 1 saturated carbocycles. The third kappa shape index (κ3) is 3.38. The van der Waals surface area contributed by atoms with Crippen molar-refractivity contribution in [3.05, 3.63) is 11.8 Å². The lowest BCUT2D eigenvalue weighted by atomic mass is 10.1. The average molecular weight is 306 g/mol. The SMILES string of the molecule is CCC1CC(=O)NC(n2nc(C)cc2NC(=O)NC2CC2)N1. The zero-order valence-corrected chi connectivity index (χ0v) is 12.8. The van der Waals surface area contributed by atoms with E-state index in [9.17, 15) is 9.59 Å². The van der Waals surface area contributed by atoms with Crippen LogP contribution in [-0.2, 0) is 4.79 Å². The smallest absolute Gasteiger partial charge is 0.320 e. The van der Waals surface area contributed by atoms with Crippen LogP contribution in [0.4, 0.5) is 10.6 Å². The molecular weight excluding hydrogens is 284 g/mol. The van der Waals surface area contributed by atoms with Crippen molar-refractivity contribution in [1.82, 2.24) is 25.7 Å². The van der Waals surface area contributed by atoms with Crippen LogP contribution in [0.15, 0.2) is 6.07 Å². The van der Waals surface area contributed by atoms with E-state index in [-0.39, 0.29) is 24.0 Å². The van der Waals surface area contributed by atoms with E-state index in [1.807, 2.05) is 13.8 Å². The summed E-state index contributed by atoms with van der Waals surface area (Å²) in [5, 5.41) is 16.2. The fourth-order valence-corrected chi connectivity index (χ4v) is 2.53. The molecule has 2 unspecified atom stereocenters. The van der Waals surface area contributed by atoms with Gasteiger partial charge in [0.15, 0.2) is 6.29 Å². The lowest BCUT2D eigenvalue weighted by Crippen LogP contribution is -2.53. The Balaban J connectivity index is 1.74.